The van der Waals surface area contributed by atoms with E-state index in [1.54, 1.807) is 6.07 Å². The lowest BCUT2D eigenvalue weighted by atomic mass is 10.0. The fourth-order valence-electron chi connectivity index (χ4n) is 1.49. The molecule has 0 saturated carbocycles. The molecule has 1 aromatic carbocycles. The van der Waals surface area contributed by atoms with E-state index in [0.29, 0.717) is 11.0 Å². The van der Waals surface area contributed by atoms with Crippen LogP contribution in [0.4, 0.5) is 4.39 Å². The Morgan fingerprint density at radius 1 is 1.53 bits per heavy atom. The van der Waals surface area contributed by atoms with E-state index in [-0.39, 0.29) is 11.7 Å². The molecule has 1 atom stereocenters. The Hall–Kier alpha value is -0.940. The van der Waals surface area contributed by atoms with Crippen molar-refractivity contribution in [3.05, 3.63) is 34.1 Å². The first-order valence-corrected chi connectivity index (χ1v) is 6.11. The van der Waals surface area contributed by atoms with E-state index in [1.807, 2.05) is 13.8 Å². The van der Waals surface area contributed by atoms with Gasteiger partial charge in [-0.25, -0.2) is 4.39 Å². The minimum Gasteiger partial charge on any atom is -0.480 e. The smallest absolute Gasteiger partial charge is 0.320 e. The van der Waals surface area contributed by atoms with Crippen molar-refractivity contribution in [3.8, 4) is 0 Å². The van der Waals surface area contributed by atoms with Crippen LogP contribution in [0.5, 0.6) is 0 Å². The number of hydrogen-bond acceptors (Lipinski definition) is 2. The molecule has 0 bridgehead atoms. The minimum atomic E-state index is -0.877. The molecule has 0 aliphatic rings. The van der Waals surface area contributed by atoms with Crippen LogP contribution in [0.3, 0.4) is 0 Å². The Morgan fingerprint density at radius 2 is 2.18 bits per heavy atom. The molecule has 0 saturated heterocycles. The lowest BCUT2D eigenvalue weighted by molar-refractivity contribution is -0.140. The molecule has 3 nitrogen and oxygen atoms in total. The maximum atomic E-state index is 12.9. The highest BCUT2D eigenvalue weighted by Crippen LogP contribution is 2.18. The van der Waals surface area contributed by atoms with Crippen LogP contribution in [-0.4, -0.2) is 17.1 Å². The van der Waals surface area contributed by atoms with Crippen LogP contribution < -0.4 is 5.32 Å². The third-order valence-corrected chi connectivity index (χ3v) is 3.20. The molecule has 0 aliphatic heterocycles. The number of rotatable bonds is 5. The molecule has 0 aliphatic carbocycles. The van der Waals surface area contributed by atoms with E-state index in [9.17, 15) is 9.18 Å². The summed E-state index contributed by atoms with van der Waals surface area (Å²) >= 11 is 3.24. The maximum absolute atomic E-state index is 12.9. The number of aliphatic carboxylic acids is 1. The standard InChI is InChI=1S/C12H15BrFNO2/c1-7(2)11(12(16)17)15-6-8-3-4-9(14)5-10(8)13/h3-5,7,11,15H,6H2,1-2H3,(H,16,17)/t11-/m1/s1. The fraction of sp³-hybridized carbons (Fsp3) is 0.417. The van der Waals surface area contributed by atoms with Crippen molar-refractivity contribution in [1.82, 2.24) is 5.32 Å². The Labute approximate surface area is 108 Å². The molecule has 94 valence electrons. The normalized spacial score (nSPS) is 12.8. The Kier molecular flexibility index (Phi) is 5.08. The lowest BCUT2D eigenvalue weighted by Gasteiger charge is -2.18. The molecule has 1 aromatic rings. The first kappa shape index (κ1) is 14.1. The van der Waals surface area contributed by atoms with E-state index in [1.165, 1.54) is 12.1 Å². The molecule has 0 spiro atoms. The second-order valence-electron chi connectivity index (χ2n) is 4.18. The van der Waals surface area contributed by atoms with Gasteiger partial charge in [0.25, 0.3) is 0 Å². The van der Waals surface area contributed by atoms with Crippen molar-refractivity contribution in [3.63, 3.8) is 0 Å². The zero-order chi connectivity index (χ0) is 13.0. The van der Waals surface area contributed by atoms with E-state index >= 15 is 0 Å². The lowest BCUT2D eigenvalue weighted by Crippen LogP contribution is -2.40. The van der Waals surface area contributed by atoms with E-state index in [2.05, 4.69) is 21.2 Å². The van der Waals surface area contributed by atoms with Gasteiger partial charge >= 0.3 is 5.97 Å². The molecule has 0 radical (unpaired) electrons. The number of hydrogen-bond donors (Lipinski definition) is 2. The van der Waals surface area contributed by atoms with Crippen LogP contribution in [0, 0.1) is 11.7 Å². The van der Waals surface area contributed by atoms with Gasteiger partial charge in [-0.2, -0.15) is 0 Å². The summed E-state index contributed by atoms with van der Waals surface area (Å²) in [7, 11) is 0. The van der Waals surface area contributed by atoms with Crippen molar-refractivity contribution in [1.29, 1.82) is 0 Å². The van der Waals surface area contributed by atoms with Gasteiger partial charge in [0.15, 0.2) is 0 Å². The summed E-state index contributed by atoms with van der Waals surface area (Å²) in [4.78, 5) is 11.0. The summed E-state index contributed by atoms with van der Waals surface area (Å²) in [6, 6.07) is 3.74. The van der Waals surface area contributed by atoms with Crippen LogP contribution in [0.2, 0.25) is 0 Å². The SMILES string of the molecule is CC(C)[C@@H](NCc1ccc(F)cc1Br)C(=O)O. The molecule has 5 heteroatoms. The number of benzene rings is 1. The number of halogens is 2. The summed E-state index contributed by atoms with van der Waals surface area (Å²) < 4.78 is 13.5. The Bertz CT molecular complexity index is 409. The van der Waals surface area contributed by atoms with Crippen LogP contribution in [0.1, 0.15) is 19.4 Å². The summed E-state index contributed by atoms with van der Waals surface area (Å²) in [5, 5.41) is 11.9. The largest absolute Gasteiger partial charge is 0.480 e. The molecule has 0 aromatic heterocycles. The topological polar surface area (TPSA) is 49.3 Å². The van der Waals surface area contributed by atoms with Crippen LogP contribution in [0.15, 0.2) is 22.7 Å². The molecule has 1 rings (SSSR count). The molecule has 2 N–H and O–H groups in total. The van der Waals surface area contributed by atoms with Gasteiger partial charge in [-0.3, -0.25) is 4.79 Å². The maximum Gasteiger partial charge on any atom is 0.320 e. The van der Waals surface area contributed by atoms with Crippen LogP contribution in [-0.2, 0) is 11.3 Å². The first-order chi connectivity index (χ1) is 7.91. The van der Waals surface area contributed by atoms with Gasteiger partial charge in [-0.05, 0) is 23.6 Å². The minimum absolute atomic E-state index is 0.00766. The van der Waals surface area contributed by atoms with E-state index < -0.39 is 12.0 Å². The highest BCUT2D eigenvalue weighted by atomic mass is 79.9. The third kappa shape index (κ3) is 4.09. The molecule has 0 heterocycles. The van der Waals surface area contributed by atoms with Gasteiger partial charge in [-0.15, -0.1) is 0 Å². The average Bonchev–Trinajstić information content (AvgIpc) is 2.20. The van der Waals surface area contributed by atoms with Gasteiger partial charge in [0.1, 0.15) is 11.9 Å². The zero-order valence-corrected chi connectivity index (χ0v) is 11.3. The fourth-order valence-corrected chi connectivity index (χ4v) is 1.98. The van der Waals surface area contributed by atoms with Crippen molar-refractivity contribution < 1.29 is 14.3 Å². The van der Waals surface area contributed by atoms with Gasteiger partial charge in [-0.1, -0.05) is 35.8 Å². The molecular formula is C12H15BrFNO2. The number of carbonyl (C=O) groups is 1. The van der Waals surface area contributed by atoms with E-state index in [4.69, 9.17) is 5.11 Å². The van der Waals surface area contributed by atoms with Crippen LogP contribution >= 0.6 is 15.9 Å². The number of carboxylic acids is 1. The Morgan fingerprint density at radius 3 is 2.65 bits per heavy atom. The van der Waals surface area contributed by atoms with Crippen LogP contribution in [0.25, 0.3) is 0 Å². The van der Waals surface area contributed by atoms with Gasteiger partial charge in [0, 0.05) is 11.0 Å². The molecule has 0 unspecified atom stereocenters. The first-order valence-electron chi connectivity index (χ1n) is 5.32. The van der Waals surface area contributed by atoms with Crippen molar-refractivity contribution in [2.45, 2.75) is 26.4 Å². The average molecular weight is 304 g/mol. The van der Waals surface area contributed by atoms with Gasteiger partial charge in [0.2, 0.25) is 0 Å². The molecular weight excluding hydrogens is 289 g/mol. The summed E-state index contributed by atoms with van der Waals surface area (Å²) in [5.74, 6) is -1.20. The highest BCUT2D eigenvalue weighted by Gasteiger charge is 2.20. The van der Waals surface area contributed by atoms with Crippen molar-refractivity contribution in [2.75, 3.05) is 0 Å². The van der Waals surface area contributed by atoms with Crippen molar-refractivity contribution >= 4 is 21.9 Å². The predicted molar refractivity (Wildman–Crippen MR) is 67.2 cm³/mol. The third-order valence-electron chi connectivity index (χ3n) is 2.46. The summed E-state index contributed by atoms with van der Waals surface area (Å²) in [6.07, 6.45) is 0. The number of carboxylic acid groups (broad SMARTS) is 1. The van der Waals surface area contributed by atoms with E-state index in [0.717, 1.165) is 5.56 Å². The zero-order valence-electron chi connectivity index (χ0n) is 9.71. The summed E-state index contributed by atoms with van der Waals surface area (Å²) in [6.45, 7) is 4.06. The van der Waals surface area contributed by atoms with Gasteiger partial charge in [0.05, 0.1) is 0 Å². The van der Waals surface area contributed by atoms with Gasteiger partial charge < -0.3 is 10.4 Å². The summed E-state index contributed by atoms with van der Waals surface area (Å²) in [5.41, 5.74) is 0.832. The Balaban J connectivity index is 2.69. The van der Waals surface area contributed by atoms with Crippen molar-refractivity contribution in [2.24, 2.45) is 5.92 Å². The monoisotopic (exact) mass is 303 g/mol. The molecule has 17 heavy (non-hydrogen) atoms. The molecule has 0 fully saturated rings. The molecule has 0 amide bonds. The second-order valence-corrected chi connectivity index (χ2v) is 5.03. The second kappa shape index (κ2) is 6.12. The quantitative estimate of drug-likeness (QED) is 0.879. The highest BCUT2D eigenvalue weighted by molar-refractivity contribution is 9.10. The number of nitrogens with one attached hydrogen (secondary N) is 1. The predicted octanol–water partition coefficient (Wildman–Crippen LogP) is 2.79.